The minimum absolute atomic E-state index is 0.0912. The molecule has 0 amide bonds. The lowest BCUT2D eigenvalue weighted by Crippen LogP contribution is -2.30. The average molecular weight is 392 g/mol. The Hall–Kier alpha value is -2.68. The maximum atomic E-state index is 12.8. The van der Waals surface area contributed by atoms with Crippen LogP contribution in [0.1, 0.15) is 51.2 Å². The summed E-state index contributed by atoms with van der Waals surface area (Å²) in [5.74, 6) is 0.325. The van der Waals surface area contributed by atoms with Crippen molar-refractivity contribution in [3.8, 4) is 0 Å². The Bertz CT molecular complexity index is 741. The van der Waals surface area contributed by atoms with E-state index in [0.717, 1.165) is 36.1 Å². The Morgan fingerprint density at radius 2 is 1.55 bits per heavy atom. The first-order valence-corrected chi connectivity index (χ1v) is 10.5. The van der Waals surface area contributed by atoms with E-state index in [0.29, 0.717) is 12.5 Å². The lowest BCUT2D eigenvalue weighted by Gasteiger charge is -2.21. The van der Waals surface area contributed by atoms with E-state index in [1.165, 1.54) is 0 Å². The van der Waals surface area contributed by atoms with Crippen LogP contribution in [0.2, 0.25) is 0 Å². The first-order valence-electron chi connectivity index (χ1n) is 10.5. The van der Waals surface area contributed by atoms with Crippen LogP contribution in [0.5, 0.6) is 0 Å². The Morgan fingerprint density at radius 3 is 2.03 bits per heavy atom. The molecule has 29 heavy (non-hydrogen) atoms. The third-order valence-electron chi connectivity index (χ3n) is 5.15. The molecule has 0 aliphatic carbocycles. The van der Waals surface area contributed by atoms with E-state index in [4.69, 9.17) is 9.73 Å². The van der Waals surface area contributed by atoms with E-state index in [-0.39, 0.29) is 11.9 Å². The average Bonchev–Trinajstić information content (AvgIpc) is 2.75. The number of hydrogen-bond acceptors (Lipinski definition) is 3. The van der Waals surface area contributed by atoms with E-state index >= 15 is 0 Å². The number of nitrogens with zero attached hydrogens (tertiary/aromatic N) is 1. The zero-order valence-corrected chi connectivity index (χ0v) is 17.9. The van der Waals surface area contributed by atoms with Crippen molar-refractivity contribution >= 4 is 11.7 Å². The summed E-state index contributed by atoms with van der Waals surface area (Å²) in [5.41, 5.74) is 2.83. The molecule has 3 atom stereocenters. The number of ether oxygens (including phenoxy) is 1. The van der Waals surface area contributed by atoms with Gasteiger partial charge >= 0.3 is 5.97 Å². The first-order chi connectivity index (χ1) is 14.1. The molecule has 0 radical (unpaired) electrons. The maximum absolute atomic E-state index is 12.8. The second-order valence-corrected chi connectivity index (χ2v) is 7.53. The van der Waals surface area contributed by atoms with E-state index < -0.39 is 6.04 Å². The van der Waals surface area contributed by atoms with Crippen molar-refractivity contribution in [2.24, 2.45) is 16.8 Å². The van der Waals surface area contributed by atoms with Crippen LogP contribution in [-0.2, 0) is 9.53 Å². The third-order valence-corrected chi connectivity index (χ3v) is 5.15. The molecule has 0 aromatic heterocycles. The van der Waals surface area contributed by atoms with Gasteiger partial charge in [0.2, 0.25) is 0 Å². The van der Waals surface area contributed by atoms with Gasteiger partial charge in [-0.1, -0.05) is 87.0 Å². The summed E-state index contributed by atoms with van der Waals surface area (Å²) in [7, 11) is 0. The molecule has 2 unspecified atom stereocenters. The van der Waals surface area contributed by atoms with Crippen LogP contribution < -0.4 is 0 Å². The summed E-state index contributed by atoms with van der Waals surface area (Å²) in [5, 5.41) is 0. The largest absolute Gasteiger partial charge is 0.464 e. The summed E-state index contributed by atoms with van der Waals surface area (Å²) in [4.78, 5) is 17.8. The number of benzene rings is 2. The number of allylic oxidation sites excluding steroid dienone is 1. The number of aliphatic imine (C=N–C) groups is 1. The summed E-state index contributed by atoms with van der Waals surface area (Å²) >= 11 is 0. The van der Waals surface area contributed by atoms with Crippen LogP contribution in [0, 0.1) is 11.8 Å². The Morgan fingerprint density at radius 1 is 1.00 bits per heavy atom. The molecule has 3 heteroatoms. The molecule has 0 bridgehead atoms. The highest BCUT2D eigenvalue weighted by Crippen LogP contribution is 2.22. The van der Waals surface area contributed by atoms with Crippen molar-refractivity contribution in [3.05, 3.63) is 84.4 Å². The number of rotatable bonds is 11. The molecule has 0 saturated carbocycles. The molecule has 0 heterocycles. The predicted molar refractivity (Wildman–Crippen MR) is 121 cm³/mol. The lowest BCUT2D eigenvalue weighted by molar-refractivity contribution is -0.145. The van der Waals surface area contributed by atoms with Crippen LogP contribution in [0.15, 0.2) is 78.3 Å². The van der Waals surface area contributed by atoms with Crippen molar-refractivity contribution in [2.45, 2.75) is 46.1 Å². The highest BCUT2D eigenvalue weighted by molar-refractivity contribution is 6.13. The molecule has 0 fully saturated rings. The van der Waals surface area contributed by atoms with Crippen LogP contribution in [0.3, 0.4) is 0 Å². The number of hydrogen-bond donors (Lipinski definition) is 0. The smallest absolute Gasteiger partial charge is 0.331 e. The quantitative estimate of drug-likeness (QED) is 0.264. The number of carbonyl (C=O) groups is 1. The van der Waals surface area contributed by atoms with Gasteiger partial charge in [-0.15, -0.1) is 6.58 Å². The molecule has 2 aromatic rings. The van der Waals surface area contributed by atoms with Gasteiger partial charge in [0.1, 0.15) is 0 Å². The van der Waals surface area contributed by atoms with Crippen molar-refractivity contribution in [3.63, 3.8) is 0 Å². The molecule has 0 spiro atoms. The Balaban J connectivity index is 2.36. The zero-order valence-electron chi connectivity index (χ0n) is 17.9. The summed E-state index contributed by atoms with van der Waals surface area (Å²) in [6, 6.07) is 19.5. The van der Waals surface area contributed by atoms with Gasteiger partial charge in [-0.25, -0.2) is 4.79 Å². The van der Waals surface area contributed by atoms with Gasteiger partial charge in [-0.05, 0) is 31.6 Å². The topological polar surface area (TPSA) is 38.7 Å². The molecular weight excluding hydrogens is 358 g/mol. The van der Waals surface area contributed by atoms with E-state index in [2.05, 4.69) is 20.4 Å². The molecule has 2 rings (SSSR count). The number of carbonyl (C=O) groups excluding carboxylic acids is 1. The summed E-state index contributed by atoms with van der Waals surface area (Å²) in [6.45, 7) is 10.3. The van der Waals surface area contributed by atoms with Crippen LogP contribution in [0.25, 0.3) is 0 Å². The molecule has 0 N–H and O–H groups in total. The third kappa shape index (κ3) is 7.01. The van der Waals surface area contributed by atoms with E-state index in [9.17, 15) is 4.79 Å². The fourth-order valence-electron chi connectivity index (χ4n) is 3.32. The fourth-order valence-corrected chi connectivity index (χ4v) is 3.32. The maximum Gasteiger partial charge on any atom is 0.331 e. The molecule has 2 aromatic carbocycles. The van der Waals surface area contributed by atoms with Crippen LogP contribution in [0.4, 0.5) is 0 Å². The normalized spacial score (nSPS) is 13.8. The summed E-state index contributed by atoms with van der Waals surface area (Å²) in [6.07, 6.45) is 5.00. The van der Waals surface area contributed by atoms with Crippen molar-refractivity contribution in [1.82, 2.24) is 0 Å². The molecule has 0 aliphatic rings. The van der Waals surface area contributed by atoms with Crippen molar-refractivity contribution in [2.75, 3.05) is 6.61 Å². The SMILES string of the molecule is C=CC(C)CCC[C@@H](C)C(N=C(c1ccccc1)c1ccccc1)C(=O)OCC. The number of esters is 1. The minimum Gasteiger partial charge on any atom is -0.464 e. The van der Waals surface area contributed by atoms with Gasteiger partial charge in [0.25, 0.3) is 0 Å². The molecule has 0 saturated heterocycles. The standard InChI is InChI=1S/C26H33NO2/c1-5-20(3)14-13-15-21(4)24(26(28)29-6-2)27-25(22-16-9-7-10-17-22)23-18-11-8-12-19-23/h5,7-12,16-21,24H,1,6,13-15H2,2-4H3/t20?,21-,24?/m1/s1. The lowest BCUT2D eigenvalue weighted by atomic mass is 9.92. The van der Waals surface area contributed by atoms with Gasteiger partial charge in [0, 0.05) is 11.1 Å². The fraction of sp³-hybridized carbons (Fsp3) is 0.385. The van der Waals surface area contributed by atoms with Crippen molar-refractivity contribution in [1.29, 1.82) is 0 Å². The highest BCUT2D eigenvalue weighted by Gasteiger charge is 2.27. The van der Waals surface area contributed by atoms with Gasteiger partial charge in [0.15, 0.2) is 6.04 Å². The minimum atomic E-state index is -0.524. The van der Waals surface area contributed by atoms with Crippen LogP contribution in [-0.4, -0.2) is 24.3 Å². The zero-order chi connectivity index (χ0) is 21.1. The monoisotopic (exact) mass is 391 g/mol. The molecule has 0 aliphatic heterocycles. The molecule has 154 valence electrons. The summed E-state index contributed by atoms with van der Waals surface area (Å²) < 4.78 is 5.38. The Kier molecular flexibility index (Phi) is 9.36. The second-order valence-electron chi connectivity index (χ2n) is 7.53. The predicted octanol–water partition coefficient (Wildman–Crippen LogP) is 6.08. The van der Waals surface area contributed by atoms with E-state index in [1.807, 2.05) is 73.7 Å². The first kappa shape index (κ1) is 22.6. The van der Waals surface area contributed by atoms with Gasteiger partial charge in [0.05, 0.1) is 12.3 Å². The van der Waals surface area contributed by atoms with Gasteiger partial charge in [-0.3, -0.25) is 4.99 Å². The molecular formula is C26H33NO2. The van der Waals surface area contributed by atoms with Crippen molar-refractivity contribution < 1.29 is 9.53 Å². The van der Waals surface area contributed by atoms with E-state index in [1.54, 1.807) is 0 Å². The molecule has 3 nitrogen and oxygen atoms in total. The van der Waals surface area contributed by atoms with Crippen LogP contribution >= 0.6 is 0 Å². The van der Waals surface area contributed by atoms with Gasteiger partial charge in [-0.2, -0.15) is 0 Å². The Labute approximate surface area is 175 Å². The highest BCUT2D eigenvalue weighted by atomic mass is 16.5. The van der Waals surface area contributed by atoms with Gasteiger partial charge < -0.3 is 4.74 Å². The second kappa shape index (κ2) is 12.0.